The molecule has 4 aromatic rings. The van der Waals surface area contributed by atoms with Gasteiger partial charge in [-0.3, -0.25) is 4.98 Å². The minimum atomic E-state index is 0.493. The molecule has 4 heteroatoms. The second-order valence-electron chi connectivity index (χ2n) is 8.51. The summed E-state index contributed by atoms with van der Waals surface area (Å²) in [7, 11) is 0. The maximum atomic E-state index is 6.17. The summed E-state index contributed by atoms with van der Waals surface area (Å²) in [6.07, 6.45) is 7.81. The lowest BCUT2D eigenvalue weighted by atomic mass is 9.86. The van der Waals surface area contributed by atoms with E-state index >= 15 is 0 Å². The van der Waals surface area contributed by atoms with E-state index in [1.165, 1.54) is 36.0 Å². The van der Waals surface area contributed by atoms with E-state index in [0.717, 1.165) is 52.9 Å². The van der Waals surface area contributed by atoms with Crippen LogP contribution in [0.4, 0.5) is 5.82 Å². The normalized spacial score (nSPS) is 14.2. The van der Waals surface area contributed by atoms with Gasteiger partial charge in [-0.2, -0.15) is 0 Å². The van der Waals surface area contributed by atoms with Crippen molar-refractivity contribution in [2.75, 3.05) is 12.3 Å². The number of nitrogens with two attached hydrogens (primary N) is 1. The Morgan fingerprint density at radius 1 is 0.967 bits per heavy atom. The highest BCUT2D eigenvalue weighted by Crippen LogP contribution is 2.29. The van der Waals surface area contributed by atoms with Gasteiger partial charge in [0, 0.05) is 17.0 Å². The maximum Gasteiger partial charge on any atom is 0.150 e. The van der Waals surface area contributed by atoms with Crippen molar-refractivity contribution in [1.82, 2.24) is 9.97 Å². The molecule has 4 nitrogen and oxygen atoms in total. The van der Waals surface area contributed by atoms with Gasteiger partial charge < -0.3 is 10.5 Å². The van der Waals surface area contributed by atoms with E-state index in [1.807, 2.05) is 6.20 Å². The molecule has 0 unspecified atom stereocenters. The maximum absolute atomic E-state index is 6.17. The van der Waals surface area contributed by atoms with Crippen molar-refractivity contribution < 1.29 is 4.74 Å². The van der Waals surface area contributed by atoms with E-state index in [2.05, 4.69) is 65.4 Å². The minimum absolute atomic E-state index is 0.493. The molecule has 0 spiro atoms. The van der Waals surface area contributed by atoms with Crippen LogP contribution in [0, 0.1) is 12.8 Å². The fourth-order valence-corrected chi connectivity index (χ4v) is 4.11. The first-order chi connectivity index (χ1) is 14.7. The molecule has 0 atom stereocenters. The number of pyridine rings is 2. The van der Waals surface area contributed by atoms with Gasteiger partial charge in [0.2, 0.25) is 0 Å². The van der Waals surface area contributed by atoms with E-state index in [0.29, 0.717) is 5.82 Å². The fraction of sp³-hybridized carbons (Fsp3) is 0.308. The lowest BCUT2D eigenvalue weighted by molar-refractivity contribution is 0.180. The van der Waals surface area contributed by atoms with Crippen LogP contribution in [0.25, 0.3) is 21.8 Å². The van der Waals surface area contributed by atoms with Gasteiger partial charge in [0.15, 0.2) is 5.82 Å². The summed E-state index contributed by atoms with van der Waals surface area (Å²) in [6, 6.07) is 17.0. The number of fused-ring (bicyclic) bond motifs is 3. The predicted octanol–water partition coefficient (Wildman–Crippen LogP) is 5.64. The highest BCUT2D eigenvalue weighted by molar-refractivity contribution is 6.08. The van der Waals surface area contributed by atoms with Crippen molar-refractivity contribution in [2.24, 2.45) is 5.92 Å². The molecule has 2 aromatic heterocycles. The lowest BCUT2D eigenvalue weighted by Gasteiger charge is -2.25. The SMILES string of the molecule is Cc1ccc2c(c1)nc(N)c1ncc(CCc3ccc(OCC4CCC4)cc3)cc12. The summed E-state index contributed by atoms with van der Waals surface area (Å²) in [5.74, 6) is 2.23. The lowest BCUT2D eigenvalue weighted by Crippen LogP contribution is -2.19. The van der Waals surface area contributed by atoms with E-state index < -0.39 is 0 Å². The number of aromatic nitrogens is 2. The molecule has 1 fully saturated rings. The highest BCUT2D eigenvalue weighted by Gasteiger charge is 2.17. The Hall–Kier alpha value is -3.14. The zero-order valence-corrected chi connectivity index (χ0v) is 17.4. The Bertz CT molecular complexity index is 1200. The van der Waals surface area contributed by atoms with Gasteiger partial charge in [-0.05, 0) is 79.5 Å². The number of hydrogen-bond acceptors (Lipinski definition) is 4. The van der Waals surface area contributed by atoms with E-state index in [-0.39, 0.29) is 0 Å². The zero-order chi connectivity index (χ0) is 20.5. The molecule has 1 aliphatic carbocycles. The molecule has 2 aromatic carbocycles. The predicted molar refractivity (Wildman–Crippen MR) is 123 cm³/mol. The number of anilines is 1. The van der Waals surface area contributed by atoms with Gasteiger partial charge in [-0.25, -0.2) is 4.98 Å². The van der Waals surface area contributed by atoms with Gasteiger partial charge in [0.25, 0.3) is 0 Å². The number of nitrogens with zero attached hydrogens (tertiary/aromatic N) is 2. The number of aryl methyl sites for hydroxylation is 3. The molecule has 0 radical (unpaired) electrons. The number of benzene rings is 2. The Morgan fingerprint density at radius 2 is 1.77 bits per heavy atom. The van der Waals surface area contributed by atoms with Crippen LogP contribution in [0.3, 0.4) is 0 Å². The van der Waals surface area contributed by atoms with Crippen LogP contribution in [0.1, 0.15) is 36.0 Å². The van der Waals surface area contributed by atoms with E-state index in [9.17, 15) is 0 Å². The minimum Gasteiger partial charge on any atom is -0.493 e. The Morgan fingerprint density at radius 3 is 2.53 bits per heavy atom. The molecular formula is C26H27N3O. The quantitative estimate of drug-likeness (QED) is 0.428. The number of hydrogen-bond donors (Lipinski definition) is 1. The molecule has 5 rings (SSSR count). The molecule has 1 saturated carbocycles. The summed E-state index contributed by atoms with van der Waals surface area (Å²) in [5, 5.41) is 2.18. The molecule has 0 amide bonds. The summed E-state index contributed by atoms with van der Waals surface area (Å²) in [4.78, 5) is 9.16. The van der Waals surface area contributed by atoms with Crippen LogP contribution < -0.4 is 10.5 Å². The third-order valence-corrected chi connectivity index (χ3v) is 6.21. The van der Waals surface area contributed by atoms with Crippen molar-refractivity contribution in [2.45, 2.75) is 39.0 Å². The van der Waals surface area contributed by atoms with Crippen molar-refractivity contribution in [1.29, 1.82) is 0 Å². The summed E-state index contributed by atoms with van der Waals surface area (Å²) >= 11 is 0. The van der Waals surface area contributed by atoms with E-state index in [4.69, 9.17) is 10.5 Å². The Labute approximate surface area is 177 Å². The van der Waals surface area contributed by atoms with Crippen molar-refractivity contribution in [3.8, 4) is 5.75 Å². The van der Waals surface area contributed by atoms with Crippen molar-refractivity contribution >= 4 is 27.6 Å². The van der Waals surface area contributed by atoms with Gasteiger partial charge >= 0.3 is 0 Å². The molecule has 2 N–H and O–H groups in total. The van der Waals surface area contributed by atoms with Gasteiger partial charge in [-0.1, -0.05) is 30.7 Å². The first-order valence-corrected chi connectivity index (χ1v) is 10.8. The van der Waals surface area contributed by atoms with Crippen LogP contribution in [0.5, 0.6) is 5.75 Å². The average molecular weight is 398 g/mol. The number of ether oxygens (including phenoxy) is 1. The molecule has 0 bridgehead atoms. The van der Waals surface area contributed by atoms with Crippen LogP contribution >= 0.6 is 0 Å². The Balaban J connectivity index is 1.32. The monoisotopic (exact) mass is 397 g/mol. The third-order valence-electron chi connectivity index (χ3n) is 6.21. The molecule has 152 valence electrons. The molecule has 0 aliphatic heterocycles. The second kappa shape index (κ2) is 7.94. The Kier molecular flexibility index (Phi) is 4.99. The molecule has 2 heterocycles. The largest absolute Gasteiger partial charge is 0.493 e. The zero-order valence-electron chi connectivity index (χ0n) is 17.4. The smallest absolute Gasteiger partial charge is 0.150 e. The summed E-state index contributed by atoms with van der Waals surface area (Å²) < 4.78 is 5.91. The van der Waals surface area contributed by atoms with Gasteiger partial charge in [0.05, 0.1) is 12.1 Å². The van der Waals surface area contributed by atoms with Crippen LogP contribution in [0.2, 0.25) is 0 Å². The summed E-state index contributed by atoms with van der Waals surface area (Å²) in [6.45, 7) is 2.92. The molecular weight excluding hydrogens is 370 g/mol. The third kappa shape index (κ3) is 3.82. The topological polar surface area (TPSA) is 61.0 Å². The van der Waals surface area contributed by atoms with Crippen LogP contribution in [-0.2, 0) is 12.8 Å². The number of rotatable bonds is 6. The van der Waals surface area contributed by atoms with Crippen LogP contribution in [-0.4, -0.2) is 16.6 Å². The molecule has 30 heavy (non-hydrogen) atoms. The van der Waals surface area contributed by atoms with Gasteiger partial charge in [-0.15, -0.1) is 0 Å². The highest BCUT2D eigenvalue weighted by atomic mass is 16.5. The van der Waals surface area contributed by atoms with Crippen molar-refractivity contribution in [3.63, 3.8) is 0 Å². The van der Waals surface area contributed by atoms with Crippen LogP contribution in [0.15, 0.2) is 54.7 Å². The summed E-state index contributed by atoms with van der Waals surface area (Å²) in [5.41, 5.74) is 11.6. The van der Waals surface area contributed by atoms with E-state index in [1.54, 1.807) is 0 Å². The molecule has 1 aliphatic rings. The second-order valence-corrected chi connectivity index (χ2v) is 8.51. The average Bonchev–Trinajstić information content (AvgIpc) is 2.72. The van der Waals surface area contributed by atoms with Gasteiger partial charge in [0.1, 0.15) is 11.3 Å². The number of nitrogen functional groups attached to an aromatic ring is 1. The first-order valence-electron chi connectivity index (χ1n) is 10.8. The van der Waals surface area contributed by atoms with Crippen molar-refractivity contribution in [3.05, 3.63) is 71.4 Å². The fourth-order valence-electron chi connectivity index (χ4n) is 4.11. The standard InChI is InChI=1S/C26H27N3O/c1-17-5-12-22-23-14-20(15-28-25(23)26(27)29-24(22)13-17)7-6-18-8-10-21(11-9-18)30-16-19-3-2-4-19/h5,8-15,19H,2-4,6-7,16H2,1H3,(H2,27,29). The first kappa shape index (κ1) is 18.9. The molecule has 0 saturated heterocycles.